The molecule has 1 aromatic rings. The van der Waals surface area contributed by atoms with Gasteiger partial charge in [0.25, 0.3) is 0 Å². The average Bonchev–Trinajstić information content (AvgIpc) is 2.81. The number of thiazole rings is 1. The number of urea groups is 1. The molecule has 0 aliphatic rings. The quantitative estimate of drug-likeness (QED) is 0.782. The average molecular weight is 283 g/mol. The van der Waals surface area contributed by atoms with Crippen molar-refractivity contribution in [1.82, 2.24) is 15.2 Å². The van der Waals surface area contributed by atoms with Crippen LogP contribution in [0.3, 0.4) is 0 Å². The van der Waals surface area contributed by atoms with Crippen LogP contribution in [0.25, 0.3) is 0 Å². The predicted octanol–water partition coefficient (Wildman–Crippen LogP) is 1.95. The summed E-state index contributed by atoms with van der Waals surface area (Å²) in [5, 5.41) is 13.5. The minimum Gasteiger partial charge on any atom is -0.476 e. The second-order valence-electron chi connectivity index (χ2n) is 4.13. The van der Waals surface area contributed by atoms with Crippen molar-refractivity contribution in [1.29, 1.82) is 0 Å². The van der Waals surface area contributed by atoms with Gasteiger partial charge in [-0.25, -0.2) is 14.6 Å². The summed E-state index contributed by atoms with van der Waals surface area (Å²) in [5.74, 6) is -1.07. The molecule has 0 saturated heterocycles. The zero-order valence-corrected chi connectivity index (χ0v) is 11.7. The van der Waals surface area contributed by atoms with E-state index in [9.17, 15) is 9.59 Å². The van der Waals surface area contributed by atoms with Gasteiger partial charge in [-0.2, -0.15) is 0 Å². The fraction of sp³-hybridized carbons (Fsp3) is 0.417. The van der Waals surface area contributed by atoms with Crippen molar-refractivity contribution in [3.05, 3.63) is 28.7 Å². The third-order valence-electron chi connectivity index (χ3n) is 2.37. The van der Waals surface area contributed by atoms with Crippen molar-refractivity contribution in [3.8, 4) is 0 Å². The van der Waals surface area contributed by atoms with Crippen LogP contribution in [0.5, 0.6) is 0 Å². The Morgan fingerprint density at radius 2 is 2.32 bits per heavy atom. The van der Waals surface area contributed by atoms with Crippen LogP contribution in [-0.2, 0) is 6.54 Å². The van der Waals surface area contributed by atoms with Gasteiger partial charge >= 0.3 is 12.0 Å². The van der Waals surface area contributed by atoms with Crippen LogP contribution in [0, 0.1) is 0 Å². The molecule has 19 heavy (non-hydrogen) atoms. The second-order valence-corrected chi connectivity index (χ2v) is 5.07. The van der Waals surface area contributed by atoms with Crippen molar-refractivity contribution in [3.63, 3.8) is 0 Å². The van der Waals surface area contributed by atoms with Crippen molar-refractivity contribution in [2.24, 2.45) is 0 Å². The van der Waals surface area contributed by atoms with Gasteiger partial charge in [0, 0.05) is 18.0 Å². The van der Waals surface area contributed by atoms with E-state index in [1.807, 2.05) is 13.8 Å². The first-order chi connectivity index (χ1) is 8.95. The summed E-state index contributed by atoms with van der Waals surface area (Å²) in [4.78, 5) is 28.1. The Bertz CT molecular complexity index is 471. The van der Waals surface area contributed by atoms with Gasteiger partial charge in [0.05, 0.1) is 6.54 Å². The molecule has 0 unspecified atom stereocenters. The number of carbonyl (C=O) groups is 2. The van der Waals surface area contributed by atoms with E-state index in [2.05, 4.69) is 16.9 Å². The lowest BCUT2D eigenvalue weighted by molar-refractivity contribution is 0.0691. The Morgan fingerprint density at radius 3 is 2.79 bits per heavy atom. The summed E-state index contributed by atoms with van der Waals surface area (Å²) in [7, 11) is 0. The zero-order valence-electron chi connectivity index (χ0n) is 10.9. The lowest BCUT2D eigenvalue weighted by Crippen LogP contribution is -2.43. The molecule has 7 heteroatoms. The molecule has 0 bridgehead atoms. The number of nitrogens with zero attached hydrogens (tertiary/aromatic N) is 2. The summed E-state index contributed by atoms with van der Waals surface area (Å²) < 4.78 is 0. The van der Waals surface area contributed by atoms with Crippen LogP contribution in [0.2, 0.25) is 0 Å². The Labute approximate surface area is 115 Å². The number of amides is 2. The zero-order chi connectivity index (χ0) is 14.4. The first-order valence-corrected chi connectivity index (χ1v) is 6.66. The topological polar surface area (TPSA) is 82.5 Å². The van der Waals surface area contributed by atoms with E-state index in [1.165, 1.54) is 16.7 Å². The lowest BCUT2D eigenvalue weighted by atomic mass is 10.3. The molecule has 6 nitrogen and oxygen atoms in total. The minimum absolute atomic E-state index is 0.000978. The Kier molecular flexibility index (Phi) is 5.50. The molecule has 0 aliphatic heterocycles. The van der Waals surface area contributed by atoms with Crippen molar-refractivity contribution >= 4 is 23.3 Å². The SMILES string of the molecule is C=CCN(C(=O)NCc1nc(C(=O)O)cs1)C(C)C. The molecule has 0 aliphatic carbocycles. The van der Waals surface area contributed by atoms with Crippen LogP contribution in [0.1, 0.15) is 29.3 Å². The van der Waals surface area contributed by atoms with E-state index >= 15 is 0 Å². The number of aromatic carboxylic acids is 1. The minimum atomic E-state index is -1.07. The van der Waals surface area contributed by atoms with Gasteiger partial charge in [0.15, 0.2) is 5.69 Å². The summed E-state index contributed by atoms with van der Waals surface area (Å²) in [6.45, 7) is 8.11. The monoisotopic (exact) mass is 283 g/mol. The molecule has 0 aromatic carbocycles. The highest BCUT2D eigenvalue weighted by Gasteiger charge is 2.16. The van der Waals surface area contributed by atoms with E-state index in [0.717, 1.165) is 0 Å². The highest BCUT2D eigenvalue weighted by Crippen LogP contribution is 2.09. The second kappa shape index (κ2) is 6.89. The van der Waals surface area contributed by atoms with E-state index in [-0.39, 0.29) is 24.3 Å². The Morgan fingerprint density at radius 1 is 1.63 bits per heavy atom. The number of hydrogen-bond acceptors (Lipinski definition) is 4. The van der Waals surface area contributed by atoms with Crippen LogP contribution >= 0.6 is 11.3 Å². The highest BCUT2D eigenvalue weighted by atomic mass is 32.1. The van der Waals surface area contributed by atoms with E-state index in [1.54, 1.807) is 11.0 Å². The molecule has 2 N–H and O–H groups in total. The maximum Gasteiger partial charge on any atom is 0.355 e. The van der Waals surface area contributed by atoms with Gasteiger partial charge in [0.2, 0.25) is 0 Å². The molecule has 0 radical (unpaired) electrons. The molecular weight excluding hydrogens is 266 g/mol. The standard InChI is InChI=1S/C12H17N3O3S/c1-4-5-15(8(2)3)12(18)13-6-10-14-9(7-19-10)11(16)17/h4,7-8H,1,5-6H2,2-3H3,(H,13,18)(H,16,17). The maximum absolute atomic E-state index is 11.9. The normalized spacial score (nSPS) is 10.3. The fourth-order valence-electron chi connectivity index (χ4n) is 1.41. The molecule has 0 saturated carbocycles. The molecule has 1 rings (SSSR count). The van der Waals surface area contributed by atoms with Crippen LogP contribution in [-0.4, -0.2) is 39.6 Å². The van der Waals surface area contributed by atoms with Crippen molar-refractivity contribution in [2.75, 3.05) is 6.54 Å². The number of rotatable bonds is 6. The van der Waals surface area contributed by atoms with Gasteiger partial charge in [0.1, 0.15) is 5.01 Å². The molecule has 1 aromatic heterocycles. The van der Waals surface area contributed by atoms with Gasteiger partial charge in [-0.1, -0.05) is 6.08 Å². The number of carbonyl (C=O) groups excluding carboxylic acids is 1. The molecule has 104 valence electrons. The molecular formula is C12H17N3O3S. The van der Waals surface area contributed by atoms with E-state index < -0.39 is 5.97 Å². The van der Waals surface area contributed by atoms with E-state index in [4.69, 9.17) is 5.11 Å². The Hall–Kier alpha value is -1.89. The summed E-state index contributed by atoms with van der Waals surface area (Å²) in [6.07, 6.45) is 1.66. The molecule has 1 heterocycles. The first kappa shape index (κ1) is 15.2. The fourth-order valence-corrected chi connectivity index (χ4v) is 2.12. The highest BCUT2D eigenvalue weighted by molar-refractivity contribution is 7.09. The third-order valence-corrected chi connectivity index (χ3v) is 3.22. The number of nitrogens with one attached hydrogen (secondary N) is 1. The van der Waals surface area contributed by atoms with Crippen LogP contribution in [0.15, 0.2) is 18.0 Å². The summed E-state index contributed by atoms with van der Waals surface area (Å²) in [5.41, 5.74) is 0.000978. The number of hydrogen-bond donors (Lipinski definition) is 2. The van der Waals surface area contributed by atoms with E-state index in [0.29, 0.717) is 11.6 Å². The van der Waals surface area contributed by atoms with Gasteiger partial charge in [-0.05, 0) is 13.8 Å². The van der Waals surface area contributed by atoms with Crippen LogP contribution < -0.4 is 5.32 Å². The lowest BCUT2D eigenvalue weighted by Gasteiger charge is -2.25. The smallest absolute Gasteiger partial charge is 0.355 e. The third kappa shape index (κ3) is 4.36. The summed E-state index contributed by atoms with van der Waals surface area (Å²) >= 11 is 1.21. The number of aromatic nitrogens is 1. The number of carboxylic acids is 1. The first-order valence-electron chi connectivity index (χ1n) is 5.78. The Balaban J connectivity index is 2.56. The van der Waals surface area contributed by atoms with Gasteiger partial charge in [-0.15, -0.1) is 17.9 Å². The molecule has 0 spiro atoms. The molecule has 2 amide bonds. The molecule has 0 atom stereocenters. The molecule has 0 fully saturated rings. The van der Waals surface area contributed by atoms with Gasteiger partial charge < -0.3 is 15.3 Å². The maximum atomic E-state index is 11.9. The van der Waals surface area contributed by atoms with Crippen molar-refractivity contribution < 1.29 is 14.7 Å². The largest absolute Gasteiger partial charge is 0.476 e. The van der Waals surface area contributed by atoms with Crippen LogP contribution in [0.4, 0.5) is 4.79 Å². The summed E-state index contributed by atoms with van der Waals surface area (Å²) in [6, 6.07) is -0.161. The van der Waals surface area contributed by atoms with Crippen molar-refractivity contribution in [2.45, 2.75) is 26.4 Å². The predicted molar refractivity (Wildman–Crippen MR) is 73.3 cm³/mol. The van der Waals surface area contributed by atoms with Gasteiger partial charge in [-0.3, -0.25) is 0 Å². The number of carboxylic acid groups (broad SMARTS) is 1.